The van der Waals surface area contributed by atoms with Crippen molar-refractivity contribution in [3.05, 3.63) is 45.1 Å². The highest BCUT2D eigenvalue weighted by Gasteiger charge is 2.10. The molecule has 0 aromatic carbocycles. The number of rotatable bonds is 3. The average Bonchev–Trinajstić information content (AvgIpc) is 2.65. The summed E-state index contributed by atoms with van der Waals surface area (Å²) < 4.78 is 0. The lowest BCUT2D eigenvalue weighted by Gasteiger charge is -1.97. The molecule has 2 aromatic rings. The number of pyridine rings is 1. The molecule has 2 heterocycles. The van der Waals surface area contributed by atoms with Crippen molar-refractivity contribution in [1.82, 2.24) is 9.97 Å². The summed E-state index contributed by atoms with van der Waals surface area (Å²) in [5.41, 5.74) is 1.22. The summed E-state index contributed by atoms with van der Waals surface area (Å²) in [7, 11) is 0. The first kappa shape index (κ1) is 11.2. The number of thiazole rings is 1. The van der Waals surface area contributed by atoms with E-state index in [1.54, 1.807) is 12.1 Å². The van der Waals surface area contributed by atoms with E-state index < -0.39 is 0 Å². The summed E-state index contributed by atoms with van der Waals surface area (Å²) in [6.45, 7) is 1.92. The minimum absolute atomic E-state index is 0.0398. The maximum Gasteiger partial charge on any atom is 0.187 e. The third-order valence-corrected chi connectivity index (χ3v) is 3.07. The Bertz CT molecular complexity index is 507. The molecular weight excluding hydrogens is 244 g/mol. The van der Waals surface area contributed by atoms with Crippen molar-refractivity contribution >= 4 is 28.7 Å². The van der Waals surface area contributed by atoms with Crippen molar-refractivity contribution in [1.29, 1.82) is 0 Å². The van der Waals surface area contributed by atoms with E-state index >= 15 is 0 Å². The number of hydrogen-bond acceptors (Lipinski definition) is 4. The standard InChI is InChI=1S/C11H9ClN2OS/c1-7-14-9(6-16-7)4-11(15)10-3-2-8(12)5-13-10/h2-3,5-6H,4H2,1H3. The van der Waals surface area contributed by atoms with Gasteiger partial charge in [-0.05, 0) is 19.1 Å². The van der Waals surface area contributed by atoms with Crippen molar-refractivity contribution in [3.8, 4) is 0 Å². The normalized spacial score (nSPS) is 10.4. The van der Waals surface area contributed by atoms with E-state index in [0.717, 1.165) is 10.7 Å². The Morgan fingerprint density at radius 3 is 2.88 bits per heavy atom. The Morgan fingerprint density at radius 1 is 1.50 bits per heavy atom. The van der Waals surface area contributed by atoms with Gasteiger partial charge in [0.05, 0.1) is 22.1 Å². The van der Waals surface area contributed by atoms with Gasteiger partial charge in [-0.25, -0.2) is 4.98 Å². The molecule has 0 spiro atoms. The lowest BCUT2D eigenvalue weighted by Crippen LogP contribution is -2.05. The average molecular weight is 253 g/mol. The zero-order valence-electron chi connectivity index (χ0n) is 8.61. The van der Waals surface area contributed by atoms with Crippen LogP contribution in [0, 0.1) is 6.92 Å². The van der Waals surface area contributed by atoms with Crippen LogP contribution in [0.3, 0.4) is 0 Å². The van der Waals surface area contributed by atoms with Gasteiger partial charge in [0.25, 0.3) is 0 Å². The zero-order valence-corrected chi connectivity index (χ0v) is 10.2. The van der Waals surface area contributed by atoms with Gasteiger partial charge in [0, 0.05) is 11.6 Å². The molecule has 0 amide bonds. The number of aryl methyl sites for hydroxylation is 1. The highest BCUT2D eigenvalue weighted by atomic mass is 35.5. The first-order valence-electron chi connectivity index (χ1n) is 4.71. The maximum atomic E-state index is 11.8. The molecule has 0 saturated carbocycles. The van der Waals surface area contributed by atoms with Crippen molar-refractivity contribution in [2.75, 3.05) is 0 Å². The van der Waals surface area contributed by atoms with Crippen molar-refractivity contribution in [2.24, 2.45) is 0 Å². The topological polar surface area (TPSA) is 42.9 Å². The Kier molecular flexibility index (Phi) is 3.31. The molecule has 2 rings (SSSR count). The Balaban J connectivity index is 2.11. The van der Waals surface area contributed by atoms with Crippen LogP contribution in [0.15, 0.2) is 23.7 Å². The molecule has 0 aliphatic rings. The number of nitrogens with zero attached hydrogens (tertiary/aromatic N) is 2. The summed E-state index contributed by atoms with van der Waals surface area (Å²) in [6, 6.07) is 3.29. The fraction of sp³-hybridized carbons (Fsp3) is 0.182. The molecule has 5 heteroatoms. The van der Waals surface area contributed by atoms with E-state index in [4.69, 9.17) is 11.6 Å². The fourth-order valence-electron chi connectivity index (χ4n) is 1.29. The van der Waals surface area contributed by atoms with Crippen LogP contribution in [-0.2, 0) is 6.42 Å². The summed E-state index contributed by atoms with van der Waals surface area (Å²) in [5.74, 6) is -0.0398. The lowest BCUT2D eigenvalue weighted by atomic mass is 10.1. The Hall–Kier alpha value is -1.26. The number of carbonyl (C=O) groups is 1. The third-order valence-electron chi connectivity index (χ3n) is 2.02. The molecule has 82 valence electrons. The second kappa shape index (κ2) is 4.72. The minimum Gasteiger partial charge on any atom is -0.292 e. The van der Waals surface area contributed by atoms with Crippen LogP contribution in [0.4, 0.5) is 0 Å². The van der Waals surface area contributed by atoms with Gasteiger partial charge in [-0.1, -0.05) is 11.6 Å². The highest BCUT2D eigenvalue weighted by Crippen LogP contribution is 2.12. The first-order valence-corrected chi connectivity index (χ1v) is 5.96. The molecule has 0 aliphatic carbocycles. The SMILES string of the molecule is Cc1nc(CC(=O)c2ccc(Cl)cn2)cs1. The number of aromatic nitrogens is 2. The lowest BCUT2D eigenvalue weighted by molar-refractivity contribution is 0.0987. The molecule has 3 nitrogen and oxygen atoms in total. The molecule has 0 N–H and O–H groups in total. The van der Waals surface area contributed by atoms with Gasteiger partial charge < -0.3 is 0 Å². The number of carbonyl (C=O) groups excluding carboxylic acids is 1. The Morgan fingerprint density at radius 2 is 2.31 bits per heavy atom. The summed E-state index contributed by atoms with van der Waals surface area (Å²) in [5, 5.41) is 3.39. The van der Waals surface area contributed by atoms with E-state index in [1.165, 1.54) is 17.5 Å². The Labute approximate surface area is 102 Å². The van der Waals surface area contributed by atoms with Crippen LogP contribution < -0.4 is 0 Å². The molecular formula is C11H9ClN2OS. The highest BCUT2D eigenvalue weighted by molar-refractivity contribution is 7.09. The molecule has 0 aliphatic heterocycles. The first-order chi connectivity index (χ1) is 7.65. The predicted octanol–water partition coefficient (Wildman–Crippen LogP) is 2.93. The van der Waals surface area contributed by atoms with E-state index in [2.05, 4.69) is 9.97 Å². The number of Topliss-reactive ketones (excluding diaryl/α,β-unsaturated/α-hetero) is 1. The van der Waals surface area contributed by atoms with E-state index in [1.807, 2.05) is 12.3 Å². The van der Waals surface area contributed by atoms with E-state index in [9.17, 15) is 4.79 Å². The van der Waals surface area contributed by atoms with Gasteiger partial charge in [-0.3, -0.25) is 9.78 Å². The zero-order chi connectivity index (χ0) is 11.5. The van der Waals surface area contributed by atoms with Gasteiger partial charge >= 0.3 is 0 Å². The van der Waals surface area contributed by atoms with Crippen molar-refractivity contribution in [3.63, 3.8) is 0 Å². The molecule has 16 heavy (non-hydrogen) atoms. The quantitative estimate of drug-likeness (QED) is 0.789. The largest absolute Gasteiger partial charge is 0.292 e. The molecule has 0 atom stereocenters. The van der Waals surface area contributed by atoms with Gasteiger partial charge in [-0.15, -0.1) is 11.3 Å². The molecule has 2 aromatic heterocycles. The second-order valence-corrected chi connectivity index (χ2v) is 4.82. The predicted molar refractivity (Wildman–Crippen MR) is 64.1 cm³/mol. The number of ketones is 1. The van der Waals surface area contributed by atoms with Gasteiger partial charge in [0.2, 0.25) is 0 Å². The molecule has 0 radical (unpaired) electrons. The number of hydrogen-bond donors (Lipinski definition) is 0. The number of halogens is 1. The van der Waals surface area contributed by atoms with E-state index in [0.29, 0.717) is 17.1 Å². The van der Waals surface area contributed by atoms with Crippen LogP contribution in [0.25, 0.3) is 0 Å². The van der Waals surface area contributed by atoms with Crippen LogP contribution in [0.5, 0.6) is 0 Å². The van der Waals surface area contributed by atoms with Gasteiger partial charge in [0.1, 0.15) is 5.69 Å². The van der Waals surface area contributed by atoms with Crippen LogP contribution in [-0.4, -0.2) is 15.8 Å². The van der Waals surface area contributed by atoms with Gasteiger partial charge in [0.15, 0.2) is 5.78 Å². The summed E-state index contributed by atoms with van der Waals surface area (Å²) in [6.07, 6.45) is 1.76. The van der Waals surface area contributed by atoms with Crippen LogP contribution in [0.2, 0.25) is 5.02 Å². The summed E-state index contributed by atoms with van der Waals surface area (Å²) in [4.78, 5) is 20.0. The van der Waals surface area contributed by atoms with Crippen LogP contribution >= 0.6 is 22.9 Å². The second-order valence-electron chi connectivity index (χ2n) is 3.32. The van der Waals surface area contributed by atoms with E-state index in [-0.39, 0.29) is 5.78 Å². The fourth-order valence-corrected chi connectivity index (χ4v) is 2.01. The molecule has 0 unspecified atom stereocenters. The van der Waals surface area contributed by atoms with Gasteiger partial charge in [-0.2, -0.15) is 0 Å². The minimum atomic E-state index is -0.0398. The molecule has 0 bridgehead atoms. The van der Waals surface area contributed by atoms with Crippen molar-refractivity contribution in [2.45, 2.75) is 13.3 Å². The smallest absolute Gasteiger partial charge is 0.187 e. The summed E-state index contributed by atoms with van der Waals surface area (Å²) >= 11 is 7.23. The third kappa shape index (κ3) is 2.65. The maximum absolute atomic E-state index is 11.8. The molecule has 0 saturated heterocycles. The van der Waals surface area contributed by atoms with Crippen molar-refractivity contribution < 1.29 is 4.79 Å². The molecule has 0 fully saturated rings. The van der Waals surface area contributed by atoms with Crippen LogP contribution in [0.1, 0.15) is 21.2 Å². The monoisotopic (exact) mass is 252 g/mol.